The highest BCUT2D eigenvalue weighted by Gasteiger charge is 2.24. The summed E-state index contributed by atoms with van der Waals surface area (Å²) in [5.41, 5.74) is 2.96. The predicted octanol–water partition coefficient (Wildman–Crippen LogP) is 4.09. The summed E-state index contributed by atoms with van der Waals surface area (Å²) in [7, 11) is -7.23. The smallest absolute Gasteiger partial charge is 0.264 e. The Kier molecular flexibility index (Phi) is 6.88. The summed E-state index contributed by atoms with van der Waals surface area (Å²) in [4.78, 5) is 0. The number of para-hydroxylation sites is 1. The van der Waals surface area contributed by atoms with Gasteiger partial charge >= 0.3 is 0 Å². The summed E-state index contributed by atoms with van der Waals surface area (Å²) in [5.74, 6) is 1.15. The van der Waals surface area contributed by atoms with E-state index in [1.807, 2.05) is 18.2 Å². The predicted molar refractivity (Wildman–Crippen MR) is 116 cm³/mol. The number of halogens is 1. The molecule has 0 aliphatic carbocycles. The van der Waals surface area contributed by atoms with E-state index in [0.717, 1.165) is 29.2 Å². The molecule has 0 aromatic heterocycles. The van der Waals surface area contributed by atoms with E-state index in [1.54, 1.807) is 24.3 Å². The monoisotopic (exact) mass is 472 g/mol. The molecule has 10 heteroatoms. The van der Waals surface area contributed by atoms with Gasteiger partial charge in [0.05, 0.1) is 25.7 Å². The van der Waals surface area contributed by atoms with E-state index in [1.165, 1.54) is 0 Å². The van der Waals surface area contributed by atoms with Crippen molar-refractivity contribution in [2.24, 2.45) is 0 Å². The standard InChI is InChI=1S/C20H21ClO7S2/c1-29(22,23)26-11-9-15-16(10-12-27-30(2,24)25)18-13-14(21)7-8-20(18)28-19-6-4-3-5-17(15)19/h3-8,13H,9-12H2,1-2H3. The molecule has 7 nitrogen and oxygen atoms in total. The highest BCUT2D eigenvalue weighted by molar-refractivity contribution is 7.86. The normalized spacial score (nSPS) is 14.0. The molecule has 1 aliphatic rings. The molecule has 0 N–H and O–H groups in total. The lowest BCUT2D eigenvalue weighted by molar-refractivity contribution is 0.327. The second-order valence-electron chi connectivity index (χ2n) is 6.75. The van der Waals surface area contributed by atoms with Crippen molar-refractivity contribution in [2.75, 3.05) is 25.7 Å². The minimum atomic E-state index is -3.62. The molecule has 2 aromatic rings. The number of rotatable bonds is 8. The van der Waals surface area contributed by atoms with Gasteiger partial charge in [0.1, 0.15) is 11.5 Å². The average Bonchev–Trinajstić information content (AvgIpc) is 2.75. The van der Waals surface area contributed by atoms with Crippen molar-refractivity contribution in [1.29, 1.82) is 0 Å². The third-order valence-electron chi connectivity index (χ3n) is 4.36. The van der Waals surface area contributed by atoms with E-state index in [4.69, 9.17) is 24.7 Å². The first-order valence-corrected chi connectivity index (χ1v) is 13.0. The van der Waals surface area contributed by atoms with E-state index in [9.17, 15) is 16.8 Å². The van der Waals surface area contributed by atoms with Crippen molar-refractivity contribution in [3.05, 3.63) is 58.6 Å². The zero-order chi connectivity index (χ0) is 21.9. The highest BCUT2D eigenvalue weighted by atomic mass is 35.5. The quantitative estimate of drug-likeness (QED) is 0.534. The Balaban J connectivity index is 2.12. The largest absolute Gasteiger partial charge is 0.456 e. The lowest BCUT2D eigenvalue weighted by atomic mass is 9.91. The summed E-state index contributed by atoms with van der Waals surface area (Å²) in [6.45, 7) is -0.159. The molecule has 30 heavy (non-hydrogen) atoms. The van der Waals surface area contributed by atoms with Gasteiger partial charge in [0.15, 0.2) is 0 Å². The molecule has 0 saturated carbocycles. The molecule has 0 saturated heterocycles. The summed E-state index contributed by atoms with van der Waals surface area (Å²) >= 11 is 6.22. The molecule has 162 valence electrons. The Morgan fingerprint density at radius 3 is 1.93 bits per heavy atom. The van der Waals surface area contributed by atoms with Crippen LogP contribution in [0.1, 0.15) is 24.0 Å². The maximum Gasteiger partial charge on any atom is 0.264 e. The molecule has 0 amide bonds. The Morgan fingerprint density at radius 2 is 1.33 bits per heavy atom. The second-order valence-corrected chi connectivity index (χ2v) is 10.5. The number of hydrogen-bond donors (Lipinski definition) is 0. The van der Waals surface area contributed by atoms with E-state index < -0.39 is 20.2 Å². The van der Waals surface area contributed by atoms with Crippen LogP contribution in [-0.2, 0) is 28.6 Å². The van der Waals surface area contributed by atoms with Crippen LogP contribution in [0.15, 0.2) is 42.5 Å². The van der Waals surface area contributed by atoms with Crippen LogP contribution >= 0.6 is 11.6 Å². The molecule has 0 radical (unpaired) electrons. The molecular weight excluding hydrogens is 452 g/mol. The van der Waals surface area contributed by atoms with Crippen LogP contribution in [0.5, 0.6) is 11.5 Å². The lowest BCUT2D eigenvalue weighted by Gasteiger charge is -2.15. The van der Waals surface area contributed by atoms with Gasteiger partial charge in [-0.15, -0.1) is 0 Å². The van der Waals surface area contributed by atoms with Crippen LogP contribution < -0.4 is 4.74 Å². The highest BCUT2D eigenvalue weighted by Crippen LogP contribution is 2.45. The molecule has 1 aliphatic heterocycles. The Morgan fingerprint density at radius 1 is 0.800 bits per heavy atom. The molecule has 3 rings (SSSR count). The Labute approximate surface area is 181 Å². The van der Waals surface area contributed by atoms with Gasteiger partial charge in [-0.1, -0.05) is 29.8 Å². The van der Waals surface area contributed by atoms with Crippen molar-refractivity contribution < 1.29 is 29.9 Å². The van der Waals surface area contributed by atoms with Crippen LogP contribution in [0.3, 0.4) is 0 Å². The SMILES string of the molecule is CS(=O)(=O)OCCC1=C(CCOS(C)(=O)=O)c2cc(Cl)ccc2Oc2ccccc21. The molecule has 1 heterocycles. The zero-order valence-corrected chi connectivity index (χ0v) is 18.8. The topological polar surface area (TPSA) is 96.0 Å². The van der Waals surface area contributed by atoms with E-state index in [2.05, 4.69) is 0 Å². The van der Waals surface area contributed by atoms with E-state index in [-0.39, 0.29) is 26.1 Å². The maximum absolute atomic E-state index is 11.4. The minimum Gasteiger partial charge on any atom is -0.456 e. The van der Waals surface area contributed by atoms with Crippen LogP contribution in [0.25, 0.3) is 11.1 Å². The molecule has 0 atom stereocenters. The summed E-state index contributed by atoms with van der Waals surface area (Å²) in [5, 5.41) is 0.483. The van der Waals surface area contributed by atoms with E-state index >= 15 is 0 Å². The minimum absolute atomic E-state index is 0.0746. The van der Waals surface area contributed by atoms with Crippen LogP contribution in [0.4, 0.5) is 0 Å². The van der Waals surface area contributed by atoms with Gasteiger partial charge in [-0.25, -0.2) is 0 Å². The van der Waals surface area contributed by atoms with Crippen molar-refractivity contribution >= 4 is 43.0 Å². The number of benzene rings is 2. The van der Waals surface area contributed by atoms with Gasteiger partial charge in [0, 0.05) is 16.1 Å². The van der Waals surface area contributed by atoms with Crippen LogP contribution in [0, 0.1) is 0 Å². The van der Waals surface area contributed by atoms with Crippen LogP contribution in [0.2, 0.25) is 5.02 Å². The molecule has 2 aromatic carbocycles. The second kappa shape index (κ2) is 9.07. The van der Waals surface area contributed by atoms with Crippen LogP contribution in [-0.4, -0.2) is 42.6 Å². The van der Waals surface area contributed by atoms with Crippen molar-refractivity contribution in [1.82, 2.24) is 0 Å². The first kappa shape index (κ1) is 22.8. The van der Waals surface area contributed by atoms with Gasteiger partial charge in [0.25, 0.3) is 20.2 Å². The summed E-state index contributed by atoms with van der Waals surface area (Å²) in [6.07, 6.45) is 2.47. The van der Waals surface area contributed by atoms with Gasteiger partial charge in [-0.2, -0.15) is 16.8 Å². The zero-order valence-electron chi connectivity index (χ0n) is 16.4. The third-order valence-corrected chi connectivity index (χ3v) is 5.79. The first-order valence-electron chi connectivity index (χ1n) is 9.01. The molecule has 0 fully saturated rings. The fourth-order valence-corrected chi connectivity index (χ4v) is 4.18. The molecule has 0 bridgehead atoms. The Hall–Kier alpha value is -1.91. The van der Waals surface area contributed by atoms with E-state index in [0.29, 0.717) is 22.1 Å². The summed E-state index contributed by atoms with van der Waals surface area (Å²) < 4.78 is 61.7. The Bertz CT molecular complexity index is 1190. The fraction of sp³-hybridized carbons (Fsp3) is 0.300. The third kappa shape index (κ3) is 6.05. The number of hydrogen-bond acceptors (Lipinski definition) is 7. The van der Waals surface area contributed by atoms with Crippen molar-refractivity contribution in [2.45, 2.75) is 12.8 Å². The average molecular weight is 473 g/mol. The van der Waals surface area contributed by atoms with Gasteiger partial charge in [0.2, 0.25) is 0 Å². The van der Waals surface area contributed by atoms with Gasteiger partial charge in [-0.3, -0.25) is 8.37 Å². The molecular formula is C20H21ClO7S2. The van der Waals surface area contributed by atoms with Crippen molar-refractivity contribution in [3.8, 4) is 11.5 Å². The first-order chi connectivity index (χ1) is 14.0. The van der Waals surface area contributed by atoms with Gasteiger partial charge < -0.3 is 4.74 Å². The number of ether oxygens (including phenoxy) is 1. The molecule has 0 spiro atoms. The van der Waals surface area contributed by atoms with Gasteiger partial charge in [-0.05, 0) is 48.3 Å². The fourth-order valence-electron chi connectivity index (χ4n) is 3.24. The number of fused-ring (bicyclic) bond motifs is 2. The summed E-state index contributed by atoms with van der Waals surface area (Å²) in [6, 6.07) is 12.5. The lowest BCUT2D eigenvalue weighted by Crippen LogP contribution is -2.07. The molecule has 0 unspecified atom stereocenters. The van der Waals surface area contributed by atoms with Crippen molar-refractivity contribution in [3.63, 3.8) is 0 Å². The maximum atomic E-state index is 11.4.